The lowest BCUT2D eigenvalue weighted by Gasteiger charge is -2.07. The molecule has 2 rings (SSSR count). The maximum Gasteiger partial charge on any atom is 0.254 e. The van der Waals surface area contributed by atoms with Crippen LogP contribution in [0.4, 0.5) is 4.39 Å². The number of carbonyl (C=O) groups is 2. The fraction of sp³-hybridized carbons (Fsp3) is 0.467. The summed E-state index contributed by atoms with van der Waals surface area (Å²) in [7, 11) is 0. The summed E-state index contributed by atoms with van der Waals surface area (Å²) in [6.07, 6.45) is 3.06. The molecule has 0 saturated heterocycles. The Hall–Kier alpha value is -1.91. The van der Waals surface area contributed by atoms with E-state index < -0.39 is 11.7 Å². The van der Waals surface area contributed by atoms with Gasteiger partial charge < -0.3 is 10.6 Å². The number of nitrogens with one attached hydrogen (secondary N) is 2. The zero-order valence-corrected chi connectivity index (χ0v) is 11.5. The van der Waals surface area contributed by atoms with Crippen molar-refractivity contribution in [1.82, 2.24) is 10.6 Å². The lowest BCUT2D eigenvalue weighted by molar-refractivity contribution is -0.121. The van der Waals surface area contributed by atoms with Crippen LogP contribution in [0, 0.1) is 12.7 Å². The van der Waals surface area contributed by atoms with Crippen molar-refractivity contribution in [2.45, 2.75) is 38.6 Å². The molecule has 4 nitrogen and oxygen atoms in total. The maximum absolute atomic E-state index is 13.7. The molecule has 108 valence electrons. The number of amides is 2. The van der Waals surface area contributed by atoms with Crippen molar-refractivity contribution in [2.75, 3.05) is 6.54 Å². The van der Waals surface area contributed by atoms with Crippen LogP contribution in [-0.4, -0.2) is 24.4 Å². The minimum Gasteiger partial charge on any atom is -0.353 e. The number of benzene rings is 1. The van der Waals surface area contributed by atoms with Gasteiger partial charge in [-0.2, -0.15) is 0 Å². The number of halogens is 1. The molecule has 0 aromatic heterocycles. The Morgan fingerprint density at radius 1 is 1.35 bits per heavy atom. The molecule has 2 N–H and O–H groups in total. The van der Waals surface area contributed by atoms with Crippen LogP contribution in [0.3, 0.4) is 0 Å². The van der Waals surface area contributed by atoms with E-state index in [0.717, 1.165) is 12.8 Å². The quantitative estimate of drug-likeness (QED) is 0.781. The van der Waals surface area contributed by atoms with Crippen LogP contribution in [0.2, 0.25) is 0 Å². The van der Waals surface area contributed by atoms with Crippen LogP contribution in [0.15, 0.2) is 18.2 Å². The zero-order chi connectivity index (χ0) is 14.5. The number of hydrogen-bond donors (Lipinski definition) is 2. The summed E-state index contributed by atoms with van der Waals surface area (Å²) in [4.78, 5) is 23.2. The van der Waals surface area contributed by atoms with Crippen molar-refractivity contribution >= 4 is 11.8 Å². The third-order valence-corrected chi connectivity index (χ3v) is 3.25. The van der Waals surface area contributed by atoms with Crippen LogP contribution >= 0.6 is 0 Å². The van der Waals surface area contributed by atoms with Gasteiger partial charge in [0.05, 0.1) is 5.56 Å². The molecule has 0 spiro atoms. The molecule has 1 saturated carbocycles. The molecule has 0 unspecified atom stereocenters. The molecular weight excluding hydrogens is 259 g/mol. The average Bonchev–Trinajstić information content (AvgIpc) is 3.21. The summed E-state index contributed by atoms with van der Waals surface area (Å²) >= 11 is 0. The predicted molar refractivity (Wildman–Crippen MR) is 73.9 cm³/mol. The minimum atomic E-state index is -0.489. The maximum atomic E-state index is 13.7. The molecule has 2 amide bonds. The van der Waals surface area contributed by atoms with Gasteiger partial charge in [-0.25, -0.2) is 4.39 Å². The highest BCUT2D eigenvalue weighted by Crippen LogP contribution is 2.18. The van der Waals surface area contributed by atoms with Crippen LogP contribution in [0.1, 0.15) is 41.6 Å². The van der Waals surface area contributed by atoms with E-state index in [-0.39, 0.29) is 11.5 Å². The second kappa shape index (κ2) is 6.50. The first kappa shape index (κ1) is 14.5. The standard InChI is InChI=1S/C15H19FN2O2/c1-10-4-2-5-12(14(10)16)15(20)17-9-3-6-13(19)18-11-7-8-11/h2,4-5,11H,3,6-9H2,1H3,(H,17,20)(H,18,19). The van der Waals surface area contributed by atoms with Gasteiger partial charge in [0.15, 0.2) is 0 Å². The van der Waals surface area contributed by atoms with E-state index in [1.54, 1.807) is 19.1 Å². The van der Waals surface area contributed by atoms with E-state index in [1.807, 2.05) is 0 Å². The topological polar surface area (TPSA) is 58.2 Å². The van der Waals surface area contributed by atoms with Crippen molar-refractivity contribution in [1.29, 1.82) is 0 Å². The molecule has 1 aliphatic carbocycles. The molecular formula is C15H19FN2O2. The minimum absolute atomic E-state index is 0.0171. The van der Waals surface area contributed by atoms with Gasteiger partial charge in [0.1, 0.15) is 5.82 Å². The van der Waals surface area contributed by atoms with Crippen molar-refractivity contribution in [3.05, 3.63) is 35.1 Å². The highest BCUT2D eigenvalue weighted by atomic mass is 19.1. The van der Waals surface area contributed by atoms with Crippen molar-refractivity contribution in [3.8, 4) is 0 Å². The summed E-state index contributed by atoms with van der Waals surface area (Å²) in [6, 6.07) is 5.08. The summed E-state index contributed by atoms with van der Waals surface area (Å²) in [5.74, 6) is -0.909. The lowest BCUT2D eigenvalue weighted by Crippen LogP contribution is -2.29. The van der Waals surface area contributed by atoms with Gasteiger partial charge in [-0.1, -0.05) is 12.1 Å². The Morgan fingerprint density at radius 3 is 2.80 bits per heavy atom. The first-order valence-corrected chi connectivity index (χ1v) is 6.90. The average molecular weight is 278 g/mol. The number of rotatable bonds is 6. The summed E-state index contributed by atoms with van der Waals surface area (Å²) < 4.78 is 13.7. The molecule has 0 atom stereocenters. The third kappa shape index (κ3) is 4.05. The monoisotopic (exact) mass is 278 g/mol. The largest absolute Gasteiger partial charge is 0.353 e. The van der Waals surface area contributed by atoms with Crippen molar-refractivity contribution in [3.63, 3.8) is 0 Å². The molecule has 1 aromatic rings. The number of aryl methyl sites for hydroxylation is 1. The zero-order valence-electron chi connectivity index (χ0n) is 11.5. The Morgan fingerprint density at radius 2 is 2.10 bits per heavy atom. The molecule has 1 fully saturated rings. The second-order valence-electron chi connectivity index (χ2n) is 5.14. The van der Waals surface area contributed by atoms with E-state index in [9.17, 15) is 14.0 Å². The van der Waals surface area contributed by atoms with Crippen molar-refractivity contribution in [2.24, 2.45) is 0 Å². The Balaban J connectivity index is 1.71. The molecule has 20 heavy (non-hydrogen) atoms. The first-order chi connectivity index (χ1) is 9.58. The Bertz CT molecular complexity index is 513. The summed E-state index contributed by atoms with van der Waals surface area (Å²) in [5, 5.41) is 5.51. The van der Waals surface area contributed by atoms with Crippen LogP contribution < -0.4 is 10.6 Å². The molecule has 0 radical (unpaired) electrons. The fourth-order valence-electron chi connectivity index (χ4n) is 1.90. The highest BCUT2D eigenvalue weighted by molar-refractivity contribution is 5.94. The molecule has 1 aliphatic rings. The molecule has 0 heterocycles. The third-order valence-electron chi connectivity index (χ3n) is 3.25. The normalized spacial score (nSPS) is 13.9. The van der Waals surface area contributed by atoms with Gasteiger partial charge in [0.25, 0.3) is 5.91 Å². The molecule has 0 bridgehead atoms. The van der Waals surface area contributed by atoms with Crippen molar-refractivity contribution < 1.29 is 14.0 Å². The van der Waals surface area contributed by atoms with E-state index in [1.165, 1.54) is 6.07 Å². The highest BCUT2D eigenvalue weighted by Gasteiger charge is 2.22. The summed E-state index contributed by atoms with van der Waals surface area (Å²) in [5.41, 5.74) is 0.494. The van der Waals surface area contributed by atoms with E-state index >= 15 is 0 Å². The van der Waals surface area contributed by atoms with E-state index in [2.05, 4.69) is 10.6 Å². The van der Waals surface area contributed by atoms with E-state index in [4.69, 9.17) is 0 Å². The Labute approximate surface area is 117 Å². The lowest BCUT2D eigenvalue weighted by atomic mass is 10.1. The van der Waals surface area contributed by atoms with Gasteiger partial charge in [-0.3, -0.25) is 9.59 Å². The molecule has 0 aliphatic heterocycles. The van der Waals surface area contributed by atoms with Gasteiger partial charge >= 0.3 is 0 Å². The molecule has 1 aromatic carbocycles. The number of hydrogen-bond acceptors (Lipinski definition) is 2. The van der Waals surface area contributed by atoms with Gasteiger partial charge in [-0.15, -0.1) is 0 Å². The number of carbonyl (C=O) groups excluding carboxylic acids is 2. The Kier molecular flexibility index (Phi) is 4.71. The van der Waals surface area contributed by atoms with E-state index in [0.29, 0.717) is 31.0 Å². The second-order valence-corrected chi connectivity index (χ2v) is 5.14. The smallest absolute Gasteiger partial charge is 0.254 e. The van der Waals surface area contributed by atoms with Gasteiger partial charge in [-0.05, 0) is 37.8 Å². The van der Waals surface area contributed by atoms with Crippen LogP contribution in [0.25, 0.3) is 0 Å². The predicted octanol–water partition coefficient (Wildman–Crippen LogP) is 1.92. The molecule has 5 heteroatoms. The SMILES string of the molecule is Cc1cccc(C(=O)NCCCC(=O)NC2CC2)c1F. The van der Waals surface area contributed by atoms with Gasteiger partial charge in [0, 0.05) is 19.0 Å². The van der Waals surface area contributed by atoms with Crippen LogP contribution in [0.5, 0.6) is 0 Å². The van der Waals surface area contributed by atoms with Crippen LogP contribution in [-0.2, 0) is 4.79 Å². The fourth-order valence-corrected chi connectivity index (χ4v) is 1.90. The van der Waals surface area contributed by atoms with Gasteiger partial charge in [0.2, 0.25) is 5.91 Å². The first-order valence-electron chi connectivity index (χ1n) is 6.90. The summed E-state index contributed by atoms with van der Waals surface area (Å²) in [6.45, 7) is 1.98.